The minimum Gasteiger partial charge on any atom is -0.207 e. The molecule has 0 fully saturated rings. The Morgan fingerprint density at radius 1 is 0.727 bits per heavy atom. The lowest BCUT2D eigenvalue weighted by Crippen LogP contribution is -1.90. The van der Waals surface area contributed by atoms with E-state index in [0.717, 1.165) is 12.0 Å². The molecule has 0 atom stereocenters. The summed E-state index contributed by atoms with van der Waals surface area (Å²) in [5.41, 5.74) is 3.98. The monoisotopic (exact) mass is 294 g/mol. The highest BCUT2D eigenvalue weighted by atomic mass is 19.1. The maximum atomic E-state index is 14.1. The summed E-state index contributed by atoms with van der Waals surface area (Å²) in [6.07, 6.45) is 0.948. The van der Waals surface area contributed by atoms with Crippen LogP contribution in [-0.4, -0.2) is 0 Å². The van der Waals surface area contributed by atoms with E-state index in [-0.39, 0.29) is 11.6 Å². The molecule has 0 bridgehead atoms. The smallest absolute Gasteiger partial charge is 0.131 e. The van der Waals surface area contributed by atoms with Crippen LogP contribution in [0.2, 0.25) is 0 Å². The zero-order chi connectivity index (χ0) is 15.5. The van der Waals surface area contributed by atoms with Gasteiger partial charge in [0.05, 0.1) is 0 Å². The first-order valence-electron chi connectivity index (χ1n) is 7.33. The topological polar surface area (TPSA) is 0 Å². The van der Waals surface area contributed by atoms with Crippen molar-refractivity contribution in [2.45, 2.75) is 13.3 Å². The lowest BCUT2D eigenvalue weighted by Gasteiger charge is -2.12. The average Bonchev–Trinajstić information content (AvgIpc) is 2.56. The number of hydrogen-bond acceptors (Lipinski definition) is 0. The summed E-state index contributed by atoms with van der Waals surface area (Å²) < 4.78 is 27.8. The fourth-order valence-electron chi connectivity index (χ4n) is 2.59. The zero-order valence-electron chi connectivity index (χ0n) is 12.3. The third kappa shape index (κ3) is 2.77. The van der Waals surface area contributed by atoms with Gasteiger partial charge in [0.1, 0.15) is 11.6 Å². The first-order valence-corrected chi connectivity index (χ1v) is 7.33. The predicted molar refractivity (Wildman–Crippen MR) is 86.6 cm³/mol. The second-order valence-corrected chi connectivity index (χ2v) is 5.22. The molecule has 0 N–H and O–H groups in total. The van der Waals surface area contributed by atoms with Crippen molar-refractivity contribution in [1.29, 1.82) is 0 Å². The van der Waals surface area contributed by atoms with E-state index in [4.69, 9.17) is 0 Å². The molecule has 0 saturated heterocycles. The van der Waals surface area contributed by atoms with Gasteiger partial charge in [-0.25, -0.2) is 8.78 Å². The first-order chi connectivity index (χ1) is 10.7. The molecule has 0 saturated carbocycles. The molecule has 0 aliphatic rings. The molecule has 0 aliphatic carbocycles. The minimum absolute atomic E-state index is 0.305. The fraction of sp³-hybridized carbons (Fsp3) is 0.100. The summed E-state index contributed by atoms with van der Waals surface area (Å²) in [5.74, 6) is -0.629. The molecule has 3 aromatic carbocycles. The quantitative estimate of drug-likeness (QED) is 0.567. The summed E-state index contributed by atoms with van der Waals surface area (Å²) in [5, 5.41) is 0. The van der Waals surface area contributed by atoms with Gasteiger partial charge in [-0.1, -0.05) is 55.5 Å². The Morgan fingerprint density at radius 2 is 1.45 bits per heavy atom. The van der Waals surface area contributed by atoms with Crippen LogP contribution in [0.1, 0.15) is 12.5 Å². The molecule has 0 aliphatic heterocycles. The second kappa shape index (κ2) is 6.10. The molecule has 0 nitrogen and oxygen atoms in total. The van der Waals surface area contributed by atoms with Gasteiger partial charge in [-0.2, -0.15) is 0 Å². The van der Waals surface area contributed by atoms with E-state index in [9.17, 15) is 8.78 Å². The van der Waals surface area contributed by atoms with Crippen molar-refractivity contribution in [2.75, 3.05) is 0 Å². The van der Waals surface area contributed by atoms with Crippen LogP contribution in [0.4, 0.5) is 8.78 Å². The van der Waals surface area contributed by atoms with Crippen LogP contribution in [0, 0.1) is 11.6 Å². The number of halogens is 2. The van der Waals surface area contributed by atoms with Crippen molar-refractivity contribution in [1.82, 2.24) is 0 Å². The van der Waals surface area contributed by atoms with Crippen LogP contribution in [0.3, 0.4) is 0 Å². The molecule has 22 heavy (non-hydrogen) atoms. The van der Waals surface area contributed by atoms with Gasteiger partial charge in [0.2, 0.25) is 0 Å². The molecule has 0 amide bonds. The number of benzene rings is 3. The normalized spacial score (nSPS) is 10.7. The van der Waals surface area contributed by atoms with Crippen LogP contribution >= 0.6 is 0 Å². The van der Waals surface area contributed by atoms with Gasteiger partial charge in [0.25, 0.3) is 0 Å². The van der Waals surface area contributed by atoms with Crippen LogP contribution in [0.25, 0.3) is 22.3 Å². The van der Waals surface area contributed by atoms with Crippen LogP contribution in [0.15, 0.2) is 66.7 Å². The summed E-state index contributed by atoms with van der Waals surface area (Å²) >= 11 is 0. The molecule has 0 unspecified atom stereocenters. The van der Waals surface area contributed by atoms with Gasteiger partial charge in [-0.05, 0) is 46.9 Å². The van der Waals surface area contributed by atoms with Crippen LogP contribution in [-0.2, 0) is 6.42 Å². The Balaban J connectivity index is 2.18. The second-order valence-electron chi connectivity index (χ2n) is 5.22. The van der Waals surface area contributed by atoms with E-state index in [1.807, 2.05) is 24.3 Å². The molecule has 0 radical (unpaired) electrons. The van der Waals surface area contributed by atoms with Crippen molar-refractivity contribution in [3.8, 4) is 22.3 Å². The first kappa shape index (κ1) is 14.5. The molecule has 0 aromatic heterocycles. The molecular weight excluding hydrogens is 278 g/mol. The van der Waals surface area contributed by atoms with Crippen molar-refractivity contribution in [2.24, 2.45) is 0 Å². The van der Waals surface area contributed by atoms with Gasteiger partial charge in [-0.15, -0.1) is 0 Å². The van der Waals surface area contributed by atoms with E-state index >= 15 is 0 Å². The Bertz CT molecular complexity index is 789. The maximum Gasteiger partial charge on any atom is 0.131 e. The third-order valence-corrected chi connectivity index (χ3v) is 3.82. The highest BCUT2D eigenvalue weighted by Gasteiger charge is 2.12. The standard InChI is InChI=1S/C20H16F2/c1-2-14-7-9-15(10-8-14)19-13-16(21)11-12-17(19)18-5-3-4-6-20(18)22/h3-13H,2H2,1H3. The molecule has 3 aromatic rings. The zero-order valence-corrected chi connectivity index (χ0v) is 12.3. The Kier molecular flexibility index (Phi) is 4.01. The Hall–Kier alpha value is -2.48. The van der Waals surface area contributed by atoms with Gasteiger partial charge in [0, 0.05) is 5.56 Å². The number of rotatable bonds is 3. The SMILES string of the molecule is CCc1ccc(-c2cc(F)ccc2-c2ccccc2F)cc1. The van der Waals surface area contributed by atoms with E-state index in [1.165, 1.54) is 23.8 Å². The summed E-state index contributed by atoms with van der Waals surface area (Å²) in [7, 11) is 0. The Labute approximate surface area is 129 Å². The number of aryl methyl sites for hydroxylation is 1. The minimum atomic E-state index is -0.324. The van der Waals surface area contributed by atoms with Crippen molar-refractivity contribution in [3.63, 3.8) is 0 Å². The van der Waals surface area contributed by atoms with E-state index < -0.39 is 0 Å². The third-order valence-electron chi connectivity index (χ3n) is 3.82. The van der Waals surface area contributed by atoms with Crippen molar-refractivity contribution < 1.29 is 8.78 Å². The molecule has 0 heterocycles. The number of hydrogen-bond donors (Lipinski definition) is 0. The maximum absolute atomic E-state index is 14.1. The van der Waals surface area contributed by atoms with Crippen LogP contribution in [0.5, 0.6) is 0 Å². The predicted octanol–water partition coefficient (Wildman–Crippen LogP) is 5.86. The molecule has 110 valence electrons. The Morgan fingerprint density at radius 3 is 2.14 bits per heavy atom. The van der Waals surface area contributed by atoms with Crippen molar-refractivity contribution >= 4 is 0 Å². The van der Waals surface area contributed by atoms with Crippen molar-refractivity contribution in [3.05, 3.63) is 83.9 Å². The summed E-state index contributed by atoms with van der Waals surface area (Å²) in [6.45, 7) is 2.09. The lowest BCUT2D eigenvalue weighted by atomic mass is 9.93. The highest BCUT2D eigenvalue weighted by Crippen LogP contribution is 2.34. The summed E-state index contributed by atoms with van der Waals surface area (Å²) in [6, 6.07) is 19.0. The van der Waals surface area contributed by atoms with Gasteiger partial charge in [-0.3, -0.25) is 0 Å². The van der Waals surface area contributed by atoms with E-state index in [2.05, 4.69) is 6.92 Å². The molecule has 2 heteroatoms. The van der Waals surface area contributed by atoms with E-state index in [0.29, 0.717) is 16.7 Å². The largest absolute Gasteiger partial charge is 0.207 e. The average molecular weight is 294 g/mol. The summed E-state index contributed by atoms with van der Waals surface area (Å²) in [4.78, 5) is 0. The molecule has 3 rings (SSSR count). The van der Waals surface area contributed by atoms with Gasteiger partial charge in [0.15, 0.2) is 0 Å². The molecule has 0 spiro atoms. The molecular formula is C20H16F2. The fourth-order valence-corrected chi connectivity index (χ4v) is 2.59. The van der Waals surface area contributed by atoms with Gasteiger partial charge >= 0.3 is 0 Å². The van der Waals surface area contributed by atoms with Crippen LogP contribution < -0.4 is 0 Å². The van der Waals surface area contributed by atoms with Gasteiger partial charge < -0.3 is 0 Å². The highest BCUT2D eigenvalue weighted by molar-refractivity contribution is 5.83. The van der Waals surface area contributed by atoms with E-state index in [1.54, 1.807) is 24.3 Å². The lowest BCUT2D eigenvalue weighted by molar-refractivity contribution is 0.626.